The summed E-state index contributed by atoms with van der Waals surface area (Å²) >= 11 is 1.92. The largest absolute Gasteiger partial charge is 0.512 e. The van der Waals surface area contributed by atoms with Crippen LogP contribution in [0.4, 0.5) is 0 Å². The molecule has 48 heavy (non-hydrogen) atoms. The molecule has 0 saturated heterocycles. The molecule has 2 aliphatic rings. The molecule has 257 valence electrons. The average molecular weight is 841 g/mol. The minimum Gasteiger partial charge on any atom is -0.512 e. The molecule has 4 aromatic rings. The Morgan fingerprint density at radius 2 is 1.65 bits per heavy atom. The molecular weight excluding hydrogens is 791 g/mol. The van der Waals surface area contributed by atoms with E-state index in [0.29, 0.717) is 11.2 Å². The standard InChI is InChI=1S/C27H22NOS.C15H28O2.Ir/c1-27(2,3)21-15-17(14-16-6-4-5-7-18(16)21)25-24-20-8-9-22-19(11-13-29-22)26(20)30-23(24)10-12-28-25;1-7-14(5,8-2)12(16)11-13(17)15(6,9-3)10-4;/h4-13,15,20,26H,1-3H3;11,16H,7-10H2,1-6H3;/q-1;;/b;12-11-;. The van der Waals surface area contributed by atoms with Gasteiger partial charge in [-0.3, -0.25) is 9.78 Å². The molecule has 2 atom stereocenters. The van der Waals surface area contributed by atoms with Crippen molar-refractivity contribution in [1.82, 2.24) is 4.98 Å². The maximum Gasteiger partial charge on any atom is 0.164 e. The summed E-state index contributed by atoms with van der Waals surface area (Å²) in [6, 6.07) is 18.8. The molecule has 0 bridgehead atoms. The molecule has 1 N–H and O–H groups in total. The second kappa shape index (κ2) is 14.9. The number of aliphatic hydroxyl groups is 1. The number of pyridine rings is 1. The van der Waals surface area contributed by atoms with Crippen LogP contribution < -0.4 is 0 Å². The number of aromatic nitrogens is 1. The Labute approximate surface area is 305 Å². The van der Waals surface area contributed by atoms with Crippen LogP contribution >= 0.6 is 11.8 Å². The molecule has 6 rings (SSSR count). The minimum absolute atomic E-state index is 0. The molecule has 3 heterocycles. The monoisotopic (exact) mass is 841 g/mol. The van der Waals surface area contributed by atoms with E-state index < -0.39 is 0 Å². The van der Waals surface area contributed by atoms with Crippen LogP contribution in [0.5, 0.6) is 0 Å². The van der Waals surface area contributed by atoms with Crippen LogP contribution in [0.15, 0.2) is 82.1 Å². The van der Waals surface area contributed by atoms with E-state index in [2.05, 4.69) is 81.5 Å². The van der Waals surface area contributed by atoms with Crippen LogP contribution in [-0.2, 0) is 30.3 Å². The Morgan fingerprint density at radius 3 is 2.29 bits per heavy atom. The first-order chi connectivity index (χ1) is 22.3. The summed E-state index contributed by atoms with van der Waals surface area (Å²) in [5.41, 5.74) is 5.52. The Hall–Kier alpha value is -2.92. The number of benzene rings is 2. The van der Waals surface area contributed by atoms with Crippen LogP contribution in [0.25, 0.3) is 28.1 Å². The SMILES string of the molecule is CC(C)(C)c1cc(-c2nccc3c2C2C=Cc4occc4C2S3)[c-]c2ccccc12.CCC(C)(CC)C(=O)/C=C(\O)C(C)(CC)CC.[Ir]. The van der Waals surface area contributed by atoms with Gasteiger partial charge in [-0.15, -0.1) is 40.9 Å². The maximum absolute atomic E-state index is 12.2. The predicted octanol–water partition coefficient (Wildman–Crippen LogP) is 12.2. The van der Waals surface area contributed by atoms with E-state index in [1.807, 2.05) is 59.5 Å². The van der Waals surface area contributed by atoms with Crippen molar-refractivity contribution < 1.29 is 34.4 Å². The second-order valence-electron chi connectivity index (χ2n) is 14.6. The van der Waals surface area contributed by atoms with Gasteiger partial charge < -0.3 is 9.52 Å². The molecule has 0 saturated carbocycles. The molecule has 0 fully saturated rings. The van der Waals surface area contributed by atoms with Gasteiger partial charge in [-0.2, -0.15) is 0 Å². The summed E-state index contributed by atoms with van der Waals surface area (Å²) in [7, 11) is 0. The third kappa shape index (κ3) is 7.18. The van der Waals surface area contributed by atoms with Gasteiger partial charge in [-0.1, -0.05) is 97.5 Å². The van der Waals surface area contributed by atoms with E-state index in [9.17, 15) is 9.90 Å². The number of carbonyl (C=O) groups excluding carboxylic acids is 1. The van der Waals surface area contributed by atoms with Crippen molar-refractivity contribution in [1.29, 1.82) is 0 Å². The first-order valence-electron chi connectivity index (χ1n) is 17.1. The molecule has 6 heteroatoms. The third-order valence-electron chi connectivity index (χ3n) is 10.8. The van der Waals surface area contributed by atoms with Gasteiger partial charge in [0.25, 0.3) is 0 Å². The summed E-state index contributed by atoms with van der Waals surface area (Å²) in [4.78, 5) is 18.4. The van der Waals surface area contributed by atoms with Crippen molar-refractivity contribution in [2.24, 2.45) is 10.8 Å². The first kappa shape index (κ1) is 37.9. The summed E-state index contributed by atoms with van der Waals surface area (Å²) < 4.78 is 5.66. The van der Waals surface area contributed by atoms with E-state index in [1.54, 1.807) is 6.26 Å². The number of nitrogens with zero attached hydrogens (tertiary/aromatic N) is 1. The van der Waals surface area contributed by atoms with Gasteiger partial charge in [0, 0.05) is 70.5 Å². The quantitative estimate of drug-likeness (QED) is 0.109. The van der Waals surface area contributed by atoms with Gasteiger partial charge in [0.15, 0.2) is 5.78 Å². The van der Waals surface area contributed by atoms with Gasteiger partial charge in [0.1, 0.15) is 11.5 Å². The maximum atomic E-state index is 12.2. The number of furan rings is 1. The fourth-order valence-electron chi connectivity index (χ4n) is 6.46. The van der Waals surface area contributed by atoms with E-state index in [4.69, 9.17) is 9.40 Å². The predicted molar refractivity (Wildman–Crippen MR) is 197 cm³/mol. The van der Waals surface area contributed by atoms with E-state index in [1.165, 1.54) is 33.0 Å². The van der Waals surface area contributed by atoms with Gasteiger partial charge in [-0.25, -0.2) is 0 Å². The fraction of sp³-hybridized carbons (Fsp3) is 0.429. The number of fused-ring (bicyclic) bond motifs is 6. The van der Waals surface area contributed by atoms with Crippen molar-refractivity contribution in [3.63, 3.8) is 0 Å². The van der Waals surface area contributed by atoms with Crippen molar-refractivity contribution >= 4 is 34.4 Å². The van der Waals surface area contributed by atoms with Crippen LogP contribution in [0, 0.1) is 16.9 Å². The minimum atomic E-state index is -0.337. The zero-order chi connectivity index (χ0) is 34.1. The number of hydrogen-bond acceptors (Lipinski definition) is 5. The summed E-state index contributed by atoms with van der Waals surface area (Å²) in [5, 5.41) is 12.9. The molecular formula is C42H50IrNO3S-. The van der Waals surface area contributed by atoms with Gasteiger partial charge in [0.2, 0.25) is 0 Å². The van der Waals surface area contributed by atoms with Crippen molar-refractivity contribution in [2.75, 3.05) is 0 Å². The number of aliphatic hydroxyl groups excluding tert-OH is 1. The molecule has 1 aliphatic heterocycles. The fourth-order valence-corrected chi connectivity index (χ4v) is 7.93. The molecule has 0 amide bonds. The van der Waals surface area contributed by atoms with E-state index in [0.717, 1.165) is 48.1 Å². The number of thioether (sulfide) groups is 1. The van der Waals surface area contributed by atoms with Crippen LogP contribution in [-0.4, -0.2) is 15.9 Å². The van der Waals surface area contributed by atoms with Crippen molar-refractivity contribution in [2.45, 2.75) is 109 Å². The molecule has 1 aliphatic carbocycles. The number of hydrogen-bond donors (Lipinski definition) is 1. The van der Waals surface area contributed by atoms with Crippen LogP contribution in [0.1, 0.15) is 122 Å². The van der Waals surface area contributed by atoms with Crippen molar-refractivity contribution in [3.8, 4) is 11.3 Å². The zero-order valence-electron chi connectivity index (χ0n) is 29.9. The van der Waals surface area contributed by atoms with E-state index >= 15 is 0 Å². The summed E-state index contributed by atoms with van der Waals surface area (Å²) in [6.45, 7) is 18.9. The normalized spacial score (nSPS) is 17.1. The second-order valence-corrected chi connectivity index (χ2v) is 15.7. The number of rotatable bonds is 8. The third-order valence-corrected chi connectivity index (χ3v) is 12.2. The molecule has 0 spiro atoms. The molecule has 4 nitrogen and oxygen atoms in total. The molecule has 2 aromatic carbocycles. The Bertz CT molecular complexity index is 1820. The van der Waals surface area contributed by atoms with Gasteiger partial charge in [-0.05, 0) is 54.9 Å². The summed E-state index contributed by atoms with van der Waals surface area (Å²) in [6.07, 6.45) is 12.9. The zero-order valence-corrected chi connectivity index (χ0v) is 33.1. The average Bonchev–Trinajstić information content (AvgIpc) is 3.71. The van der Waals surface area contributed by atoms with Crippen LogP contribution in [0.3, 0.4) is 0 Å². The molecule has 2 aromatic heterocycles. The Morgan fingerprint density at radius 1 is 0.979 bits per heavy atom. The topological polar surface area (TPSA) is 63.3 Å². The van der Waals surface area contributed by atoms with Gasteiger partial charge in [0.05, 0.1) is 6.26 Å². The smallest absolute Gasteiger partial charge is 0.164 e. The van der Waals surface area contributed by atoms with E-state index in [-0.39, 0.29) is 47.9 Å². The first-order valence-corrected chi connectivity index (χ1v) is 18.0. The summed E-state index contributed by atoms with van der Waals surface area (Å²) in [5.74, 6) is 1.57. The van der Waals surface area contributed by atoms with Crippen molar-refractivity contribution in [3.05, 3.63) is 101 Å². The Balaban J connectivity index is 0.000000251. The van der Waals surface area contributed by atoms with Crippen LogP contribution in [0.2, 0.25) is 0 Å². The number of carbonyl (C=O) groups is 1. The van der Waals surface area contributed by atoms with Gasteiger partial charge >= 0.3 is 0 Å². The number of allylic oxidation sites excluding steroid dienone is 3. The Kier molecular flexibility index (Phi) is 11.8. The molecule has 1 radical (unpaired) electrons. The number of ketones is 1. The molecule has 2 unspecified atom stereocenters.